The van der Waals surface area contributed by atoms with Crippen molar-refractivity contribution in [2.24, 2.45) is 0 Å². The molecular formula is C52H37NS. The van der Waals surface area contributed by atoms with Gasteiger partial charge in [0.15, 0.2) is 0 Å². The predicted molar refractivity (Wildman–Crippen MR) is 229 cm³/mol. The molecule has 0 fully saturated rings. The highest BCUT2D eigenvalue weighted by Gasteiger charge is 2.46. The van der Waals surface area contributed by atoms with Crippen LogP contribution in [0.4, 0.5) is 17.1 Å². The number of rotatable bonds is 5. The first kappa shape index (κ1) is 31.3. The van der Waals surface area contributed by atoms with Crippen molar-refractivity contribution in [1.29, 1.82) is 0 Å². The largest absolute Gasteiger partial charge is 0.308 e. The van der Waals surface area contributed by atoms with Crippen LogP contribution in [0.1, 0.15) is 47.2 Å². The monoisotopic (exact) mass is 707 g/mol. The molecule has 0 saturated heterocycles. The van der Waals surface area contributed by atoms with Crippen LogP contribution in [0, 0.1) is 0 Å². The average Bonchev–Trinajstić information content (AvgIpc) is 3.83. The number of nitrogens with zero attached hydrogens (tertiary/aromatic N) is 1. The Balaban J connectivity index is 1.25. The van der Waals surface area contributed by atoms with Crippen molar-refractivity contribution in [3.63, 3.8) is 0 Å². The molecule has 2 aliphatic rings. The van der Waals surface area contributed by atoms with Gasteiger partial charge in [-0.3, -0.25) is 0 Å². The summed E-state index contributed by atoms with van der Waals surface area (Å²) in [5, 5.41) is 2.60. The minimum atomic E-state index is -0.493. The first-order chi connectivity index (χ1) is 26.6. The lowest BCUT2D eigenvalue weighted by Crippen LogP contribution is -2.28. The summed E-state index contributed by atoms with van der Waals surface area (Å²) in [5.41, 5.74) is 16.1. The maximum atomic E-state index is 2.57. The zero-order valence-electron chi connectivity index (χ0n) is 30.3. The van der Waals surface area contributed by atoms with Gasteiger partial charge in [-0.15, -0.1) is 11.3 Å². The van der Waals surface area contributed by atoms with E-state index in [0.717, 1.165) is 5.69 Å². The molecule has 0 saturated carbocycles. The van der Waals surface area contributed by atoms with Crippen LogP contribution in [-0.2, 0) is 10.8 Å². The molecule has 0 radical (unpaired) electrons. The van der Waals surface area contributed by atoms with E-state index in [2.05, 4.69) is 207 Å². The third kappa shape index (κ3) is 4.20. The number of hydrogen-bond donors (Lipinski definition) is 0. The zero-order valence-corrected chi connectivity index (χ0v) is 31.1. The maximum absolute atomic E-state index is 2.57. The van der Waals surface area contributed by atoms with Gasteiger partial charge in [0.2, 0.25) is 0 Å². The summed E-state index contributed by atoms with van der Waals surface area (Å²) < 4.78 is 2.60. The summed E-state index contributed by atoms with van der Waals surface area (Å²) in [6.45, 7) is 4.75. The molecule has 54 heavy (non-hydrogen) atoms. The maximum Gasteiger partial charge on any atom is 0.0714 e. The van der Waals surface area contributed by atoms with Gasteiger partial charge < -0.3 is 4.90 Å². The van der Waals surface area contributed by atoms with Crippen molar-refractivity contribution in [1.82, 2.24) is 0 Å². The van der Waals surface area contributed by atoms with Crippen LogP contribution in [0.25, 0.3) is 42.4 Å². The molecule has 0 amide bonds. The minimum absolute atomic E-state index is 0.118. The molecule has 2 aliphatic carbocycles. The van der Waals surface area contributed by atoms with Gasteiger partial charge in [-0.1, -0.05) is 172 Å². The third-order valence-corrected chi connectivity index (χ3v) is 13.4. The van der Waals surface area contributed by atoms with E-state index in [1.165, 1.54) is 87.2 Å². The van der Waals surface area contributed by atoms with Gasteiger partial charge in [0.05, 0.1) is 21.5 Å². The van der Waals surface area contributed by atoms with Gasteiger partial charge in [-0.2, -0.15) is 0 Å². The lowest BCUT2D eigenvalue weighted by Gasteiger charge is -2.35. The highest BCUT2D eigenvalue weighted by atomic mass is 32.1. The molecule has 0 N–H and O–H groups in total. The molecule has 8 aromatic carbocycles. The van der Waals surface area contributed by atoms with Crippen LogP contribution in [0.2, 0.25) is 0 Å². The summed E-state index contributed by atoms with van der Waals surface area (Å²) in [5.74, 6) is 0. The Hall–Kier alpha value is -6.22. The Morgan fingerprint density at radius 1 is 0.426 bits per heavy atom. The number of benzene rings is 8. The van der Waals surface area contributed by atoms with Gasteiger partial charge in [0, 0.05) is 32.1 Å². The van der Waals surface area contributed by atoms with Crippen molar-refractivity contribution in [3.8, 4) is 22.3 Å². The number of thiophene rings is 1. The Kier molecular flexibility index (Phi) is 6.75. The van der Waals surface area contributed by atoms with E-state index >= 15 is 0 Å². The standard InChI is InChI=1S/C52H37NS/c1-51(2)42-25-12-10-23-41(42)49-44(51)27-16-28-46(49)53(47-29-15-24-40-39-22-11-14-30-48(39)54-50(40)47)36-31-32-38-37-21-9-13-26-43(37)52(45(38)33-36,34-17-5-3-6-18-34)35-19-7-4-8-20-35/h3-33H,1-2H3. The van der Waals surface area contributed by atoms with Gasteiger partial charge in [-0.25, -0.2) is 0 Å². The Bertz CT molecular complexity index is 2880. The SMILES string of the molecule is CC1(C)c2ccccc2-c2c(N(c3ccc4c(c3)C(c3ccccc3)(c3ccccc3)c3ccccc3-4)c3cccc4c3sc3ccccc34)cccc21. The second-order valence-corrected chi connectivity index (χ2v) is 16.3. The van der Waals surface area contributed by atoms with E-state index in [1.807, 2.05) is 11.3 Å². The molecule has 0 bridgehead atoms. The molecule has 2 heteroatoms. The Labute approximate surface area is 320 Å². The number of fused-ring (bicyclic) bond motifs is 9. The van der Waals surface area contributed by atoms with Crippen LogP contribution >= 0.6 is 11.3 Å². The van der Waals surface area contributed by atoms with Crippen molar-refractivity contribution < 1.29 is 0 Å². The lowest BCUT2D eigenvalue weighted by atomic mass is 9.67. The van der Waals surface area contributed by atoms with Crippen LogP contribution < -0.4 is 4.90 Å². The molecule has 0 unspecified atom stereocenters. The molecule has 256 valence electrons. The normalized spacial score (nSPS) is 14.4. The third-order valence-electron chi connectivity index (χ3n) is 12.2. The van der Waals surface area contributed by atoms with E-state index in [0.29, 0.717) is 0 Å². The van der Waals surface area contributed by atoms with E-state index < -0.39 is 5.41 Å². The Morgan fingerprint density at radius 3 is 1.78 bits per heavy atom. The van der Waals surface area contributed by atoms with Gasteiger partial charge in [0.1, 0.15) is 0 Å². The van der Waals surface area contributed by atoms with E-state index in [4.69, 9.17) is 0 Å². The smallest absolute Gasteiger partial charge is 0.0714 e. The summed E-state index contributed by atoms with van der Waals surface area (Å²) in [7, 11) is 0. The fourth-order valence-electron chi connectivity index (χ4n) is 9.81. The van der Waals surface area contributed by atoms with Crippen LogP contribution in [0.5, 0.6) is 0 Å². The van der Waals surface area contributed by atoms with E-state index in [-0.39, 0.29) is 5.41 Å². The molecule has 0 aliphatic heterocycles. The van der Waals surface area contributed by atoms with Crippen molar-refractivity contribution in [2.75, 3.05) is 4.90 Å². The van der Waals surface area contributed by atoms with Crippen molar-refractivity contribution in [2.45, 2.75) is 24.7 Å². The number of hydrogen-bond acceptors (Lipinski definition) is 2. The predicted octanol–water partition coefficient (Wildman–Crippen LogP) is 14.2. The first-order valence-electron chi connectivity index (χ1n) is 18.9. The summed E-state index contributed by atoms with van der Waals surface area (Å²) in [6.07, 6.45) is 0. The Morgan fingerprint density at radius 2 is 1.00 bits per heavy atom. The van der Waals surface area contributed by atoms with Gasteiger partial charge in [0.25, 0.3) is 0 Å². The van der Waals surface area contributed by atoms with E-state index in [1.54, 1.807) is 0 Å². The summed E-state index contributed by atoms with van der Waals surface area (Å²) in [4.78, 5) is 2.57. The fourth-order valence-corrected chi connectivity index (χ4v) is 11.0. The lowest BCUT2D eigenvalue weighted by molar-refractivity contribution is 0.660. The van der Waals surface area contributed by atoms with Gasteiger partial charge in [-0.05, 0) is 80.4 Å². The molecule has 11 rings (SSSR count). The minimum Gasteiger partial charge on any atom is -0.308 e. The quantitative estimate of drug-likeness (QED) is 0.172. The molecule has 1 aromatic heterocycles. The molecule has 0 atom stereocenters. The second-order valence-electron chi connectivity index (χ2n) is 15.2. The average molecular weight is 708 g/mol. The zero-order chi connectivity index (χ0) is 36.0. The van der Waals surface area contributed by atoms with Crippen LogP contribution in [0.15, 0.2) is 188 Å². The summed E-state index contributed by atoms with van der Waals surface area (Å²) in [6, 6.07) is 70.2. The molecule has 1 nitrogen and oxygen atoms in total. The molecule has 0 spiro atoms. The van der Waals surface area contributed by atoms with Crippen molar-refractivity contribution >= 4 is 48.6 Å². The van der Waals surface area contributed by atoms with Crippen LogP contribution in [-0.4, -0.2) is 0 Å². The second kappa shape index (κ2) is 11.6. The molecule has 1 heterocycles. The highest BCUT2D eigenvalue weighted by molar-refractivity contribution is 7.26. The fraction of sp³-hybridized carbons (Fsp3) is 0.0769. The first-order valence-corrected chi connectivity index (χ1v) is 19.7. The highest BCUT2D eigenvalue weighted by Crippen LogP contribution is 2.59. The molecular weight excluding hydrogens is 671 g/mol. The van der Waals surface area contributed by atoms with Crippen LogP contribution in [0.3, 0.4) is 0 Å². The number of anilines is 3. The summed E-state index contributed by atoms with van der Waals surface area (Å²) >= 11 is 1.89. The topological polar surface area (TPSA) is 3.24 Å². The van der Waals surface area contributed by atoms with E-state index in [9.17, 15) is 0 Å². The molecule has 9 aromatic rings. The van der Waals surface area contributed by atoms with Crippen molar-refractivity contribution in [3.05, 3.63) is 221 Å². The van der Waals surface area contributed by atoms with Gasteiger partial charge >= 0.3 is 0 Å².